The summed E-state index contributed by atoms with van der Waals surface area (Å²) in [5.41, 5.74) is 15.2. The van der Waals surface area contributed by atoms with Crippen molar-refractivity contribution in [3.05, 3.63) is 162 Å². The molecule has 0 unspecified atom stereocenters. The number of unbranched alkanes of at least 4 members (excludes halogenated alkanes) is 1. The second kappa shape index (κ2) is 50.9. The van der Waals surface area contributed by atoms with Crippen molar-refractivity contribution in [1.29, 1.82) is 0 Å². The Hall–Kier alpha value is -13.8. The third kappa shape index (κ3) is 31.7. The number of carboxylic acids is 1. The number of fused-ring (bicyclic) bond motifs is 2. The first-order valence-electron chi connectivity index (χ1n) is 45.1. The van der Waals surface area contributed by atoms with E-state index in [1.165, 1.54) is 63.9 Å². The number of nitrogens with zero attached hydrogens (tertiary/aromatic N) is 2. The molecule has 728 valence electrons. The van der Waals surface area contributed by atoms with Crippen LogP contribution in [0.15, 0.2) is 140 Å². The van der Waals surface area contributed by atoms with Crippen LogP contribution in [0, 0.1) is 17.8 Å². The van der Waals surface area contributed by atoms with Gasteiger partial charge >= 0.3 is 5.97 Å². The van der Waals surface area contributed by atoms with E-state index in [1.54, 1.807) is 108 Å². The normalized spacial score (nSPS) is 24.1. The molecule has 3 heterocycles. The average molecular weight is 1890 g/mol. The first-order valence-corrected chi connectivity index (χ1v) is 46.2. The predicted octanol–water partition coefficient (Wildman–Crippen LogP) is 0.483. The first-order chi connectivity index (χ1) is 64.0. The maximum absolute atomic E-state index is 15.5. The quantitative estimate of drug-likeness (QED) is 0.0392. The SMILES string of the molecule is CCCC[C@@H]1NC(=O)[C@H](CC(N)=O)NC(=O)[C@H]2CCCN2C(=O)[C@H](C)N(C)C(=O)[C@H](C(C)C)NC(=O)[C@H](Cc2ccc(-c3ccccc3)cc2)NC(=O)[C@H](CC(C)C)NC(=O)[C@H](Cc2c[nH]c3ccccc23)NC(=O)[C@H](CC(=O)O)NC(=O)[C@H](Cc2ccc(O)cc2)NC(=O)[C@H](Cc2ccccc2)NC(=O)CSC[C@@H](C(=O)N[C@@H](C)C(N)=O)NC(=O)[C@H]([C@@H](C)O)NC(=O)[C@H](C(C)C)NC1=O. The molecule has 21 N–H and O–H groups in total. The molecule has 17 amide bonds. The number of para-hydroxylation sites is 1. The van der Waals surface area contributed by atoms with Crippen LogP contribution in [0.1, 0.15) is 143 Å². The number of aliphatic hydroxyl groups excluding tert-OH is 1. The van der Waals surface area contributed by atoms with Crippen molar-refractivity contribution in [2.75, 3.05) is 25.1 Å². The van der Waals surface area contributed by atoms with Crippen molar-refractivity contribution in [3.8, 4) is 16.9 Å². The molecule has 5 aromatic carbocycles. The second-order valence-corrected chi connectivity index (χ2v) is 36.2. The number of carboxylic acid groups (broad SMARTS) is 1. The zero-order valence-electron chi connectivity index (χ0n) is 77.5. The number of carbonyl (C=O) groups excluding carboxylic acids is 17. The van der Waals surface area contributed by atoms with E-state index in [9.17, 15) is 68.1 Å². The molecule has 2 fully saturated rings. The van der Waals surface area contributed by atoms with Gasteiger partial charge in [-0.25, -0.2) is 0 Å². The van der Waals surface area contributed by atoms with E-state index < -0.39 is 252 Å². The third-order valence-corrected chi connectivity index (χ3v) is 24.3. The number of carbonyl (C=O) groups is 18. The Kier molecular flexibility index (Phi) is 40.2. The molecule has 0 saturated carbocycles. The molecule has 0 bridgehead atoms. The number of H-pyrrole nitrogens is 1. The van der Waals surface area contributed by atoms with Crippen LogP contribution < -0.4 is 80.6 Å². The van der Waals surface area contributed by atoms with Crippen LogP contribution in [0.25, 0.3) is 22.0 Å². The van der Waals surface area contributed by atoms with Crippen LogP contribution >= 0.6 is 11.8 Å². The average Bonchev–Trinajstić information content (AvgIpc) is 1.74. The van der Waals surface area contributed by atoms with Gasteiger partial charge in [0.2, 0.25) is 100 Å². The molecular weight excluding hydrogens is 1760 g/mol. The number of aromatic amines is 1. The maximum atomic E-state index is 15.5. The molecule has 39 nitrogen and oxygen atoms in total. The number of aliphatic carboxylic acids is 1. The van der Waals surface area contributed by atoms with Crippen molar-refractivity contribution < 1.29 is 102 Å². The van der Waals surface area contributed by atoms with Crippen molar-refractivity contribution in [3.63, 3.8) is 0 Å². The molecule has 40 heteroatoms. The highest BCUT2D eigenvalue weighted by atomic mass is 32.2. The van der Waals surface area contributed by atoms with E-state index in [2.05, 4.69) is 74.1 Å². The lowest BCUT2D eigenvalue weighted by Crippen LogP contribution is -2.62. The van der Waals surface area contributed by atoms with E-state index in [0.29, 0.717) is 51.3 Å². The molecule has 2 aliphatic rings. The lowest BCUT2D eigenvalue weighted by atomic mass is 9.97. The van der Waals surface area contributed by atoms with Gasteiger partial charge in [-0.2, -0.15) is 0 Å². The number of aromatic hydroxyl groups is 1. The number of benzene rings is 5. The number of phenolic OH excluding ortho intramolecular Hbond substituents is 1. The van der Waals surface area contributed by atoms with Gasteiger partial charge in [0, 0.05) is 62.1 Å². The van der Waals surface area contributed by atoms with Crippen molar-refractivity contribution in [1.82, 2.24) is 83.9 Å². The fourth-order valence-electron chi connectivity index (χ4n) is 15.5. The lowest BCUT2D eigenvalue weighted by molar-refractivity contribution is -0.148. The highest BCUT2D eigenvalue weighted by Crippen LogP contribution is 2.26. The van der Waals surface area contributed by atoms with Crippen LogP contribution in [0.3, 0.4) is 0 Å². The Bertz CT molecular complexity index is 5200. The van der Waals surface area contributed by atoms with E-state index >= 15 is 33.6 Å². The molecule has 0 spiro atoms. The minimum Gasteiger partial charge on any atom is -0.508 e. The van der Waals surface area contributed by atoms with Crippen molar-refractivity contribution in [2.24, 2.45) is 29.2 Å². The van der Waals surface area contributed by atoms with E-state index in [4.69, 9.17) is 11.5 Å². The summed E-state index contributed by atoms with van der Waals surface area (Å²) >= 11 is 0.708. The third-order valence-electron chi connectivity index (χ3n) is 23.3. The molecule has 6 aromatic rings. The van der Waals surface area contributed by atoms with Crippen LogP contribution in [0.5, 0.6) is 5.75 Å². The largest absolute Gasteiger partial charge is 0.508 e. The minimum atomic E-state index is -2.06. The molecule has 1 aromatic heterocycles. The summed E-state index contributed by atoms with van der Waals surface area (Å²) in [6.07, 6.45) is -2.63. The Morgan fingerprint density at radius 1 is 0.496 bits per heavy atom. The summed E-state index contributed by atoms with van der Waals surface area (Å²) in [6.45, 7) is 15.3. The smallest absolute Gasteiger partial charge is 0.305 e. The van der Waals surface area contributed by atoms with Crippen molar-refractivity contribution >= 4 is 129 Å². The van der Waals surface area contributed by atoms with Gasteiger partial charge in [0.05, 0.1) is 24.7 Å². The van der Waals surface area contributed by atoms with Crippen LogP contribution in [-0.2, 0) is 112 Å². The van der Waals surface area contributed by atoms with E-state index in [-0.39, 0.29) is 63.7 Å². The van der Waals surface area contributed by atoms with Gasteiger partial charge in [0.25, 0.3) is 0 Å². The fourth-order valence-corrected chi connectivity index (χ4v) is 16.4. The molecule has 135 heavy (non-hydrogen) atoms. The molecule has 8 rings (SSSR count). The highest BCUT2D eigenvalue weighted by molar-refractivity contribution is 8.00. The molecule has 2 aliphatic heterocycles. The molecule has 2 saturated heterocycles. The van der Waals surface area contributed by atoms with Gasteiger partial charge in [-0.15, -0.1) is 11.8 Å². The second-order valence-electron chi connectivity index (χ2n) is 35.2. The number of hydrogen-bond donors (Lipinski definition) is 19. The van der Waals surface area contributed by atoms with Gasteiger partial charge in [-0.3, -0.25) is 86.3 Å². The summed E-state index contributed by atoms with van der Waals surface area (Å²) in [5.74, 6) is -22.0. The van der Waals surface area contributed by atoms with Crippen molar-refractivity contribution in [2.45, 2.75) is 243 Å². The van der Waals surface area contributed by atoms with Gasteiger partial charge in [0.15, 0.2) is 0 Å². The fraction of sp³-hybridized carbons (Fsp3) is 0.474. The number of thioether (sulfide) groups is 1. The number of primary amides is 2. The van der Waals surface area contributed by atoms with Gasteiger partial charge < -0.3 is 111 Å². The number of aromatic nitrogens is 1. The highest BCUT2D eigenvalue weighted by Gasteiger charge is 2.44. The zero-order chi connectivity index (χ0) is 99.2. The molecule has 0 radical (unpaired) electrons. The number of aliphatic hydroxyl groups is 1. The number of nitrogens with one attached hydrogen (secondary N) is 14. The summed E-state index contributed by atoms with van der Waals surface area (Å²) in [4.78, 5) is 267. The molecule has 0 aliphatic carbocycles. The van der Waals surface area contributed by atoms with Gasteiger partial charge in [-0.1, -0.05) is 177 Å². The van der Waals surface area contributed by atoms with Gasteiger partial charge in [0.1, 0.15) is 96.4 Å². The monoisotopic (exact) mass is 1890 g/mol. The number of likely N-dealkylation sites (N-methyl/N-ethyl adjacent to an activating group) is 1. The predicted molar refractivity (Wildman–Crippen MR) is 500 cm³/mol. The zero-order valence-corrected chi connectivity index (χ0v) is 78.3. The molecule has 16 atom stereocenters. The number of rotatable bonds is 24. The van der Waals surface area contributed by atoms with Crippen LogP contribution in [0.4, 0.5) is 0 Å². The Morgan fingerprint density at radius 3 is 1.51 bits per heavy atom. The number of phenols is 1. The molecular formula is C95H126N18O21S. The first kappa shape index (κ1) is 107. The van der Waals surface area contributed by atoms with Gasteiger partial charge in [-0.05, 0) is 116 Å². The maximum Gasteiger partial charge on any atom is 0.305 e. The summed E-state index contributed by atoms with van der Waals surface area (Å²) < 4.78 is 0. The summed E-state index contributed by atoms with van der Waals surface area (Å²) in [7, 11) is 1.31. The lowest BCUT2D eigenvalue weighted by Gasteiger charge is -2.34. The number of amides is 17. The number of hydrogen-bond acceptors (Lipinski definition) is 21. The van der Waals surface area contributed by atoms with Crippen LogP contribution in [-0.4, -0.2) is 258 Å². The summed E-state index contributed by atoms with van der Waals surface area (Å²) in [5, 5.41) is 66.4. The topological polar surface area (TPSA) is 599 Å². The standard InChI is InChI=1S/C95H126N18O21S/c1-12-13-28-65-82(121)109-78(51(4)5)92(131)111-80(55(10)114)93(132)108-73(90(129)99-53(8)81(97)120)48-135-49-76(117)100-67(41-56-23-16-14-17-24-56)84(123)103-68(43-58-33-37-62(115)38-34-58)85(124)106-72(46-77(118)119)88(127)105-70(44-61-47-98-64-29-21-20-27-63(61)64)86(125)102-66(40-50(2)3)83(122)104-69(42-57-31-35-60(36-32-57)59-25-18-15-19-26-59)89(128)110-79(52(6)7)95(134)112(11)54(9)94(133)113-39-22-30-74(113)91(130)107-71(45-75(96)116)87(126)101-65/h14-21,23-27,29,31-38,47,50-55,65-74,78-80,98,114-115H,12-13,22,28,30,39-46,48-49H2,1-11H3,(H2,96,116)(H2,97,120)(H,99,129)(H,100,117)(H,101,126)(H,102,125)(H,103,123)(H,104,122)(H,105,127)(H,106,124)(H,107,130)(H,108,132)(H,109,121)(H,110,128)(H,111,131)(H,118,119)/t53-,54-,55+,65-,66-,67-,68-,69-,70-,71-,72-,73-,74+,78-,79-,80-/m0/s1. The summed E-state index contributed by atoms with van der Waals surface area (Å²) in [6, 6.07) is 12.9. The Morgan fingerprint density at radius 2 is 0.956 bits per heavy atom. The number of nitrogens with two attached hydrogens (primary N) is 2. The minimum absolute atomic E-state index is 0.0215. The van der Waals surface area contributed by atoms with E-state index in [0.717, 1.165) is 23.0 Å². The van der Waals surface area contributed by atoms with Crippen LogP contribution in [0.2, 0.25) is 0 Å². The Labute approximate surface area is 786 Å². The Balaban J connectivity index is 1.20. The van der Waals surface area contributed by atoms with E-state index in [1.807, 2.05) is 42.5 Å².